The summed E-state index contributed by atoms with van der Waals surface area (Å²) in [4.78, 5) is 23.8. The highest BCUT2D eigenvalue weighted by Crippen LogP contribution is 2.28. The minimum absolute atomic E-state index is 0.00132. The van der Waals surface area contributed by atoms with Gasteiger partial charge >= 0.3 is 12.0 Å². The highest BCUT2D eigenvalue weighted by atomic mass is 19.1. The SMILES string of the molecule is O=C(O)CCNC(=O)N1CCC(c2ccccc2F)C1. The first kappa shape index (κ1) is 14.3. The lowest BCUT2D eigenvalue weighted by atomic mass is 9.98. The molecular weight excluding hydrogens is 263 g/mol. The van der Waals surface area contributed by atoms with Crippen molar-refractivity contribution in [2.75, 3.05) is 19.6 Å². The van der Waals surface area contributed by atoms with Crippen LogP contribution in [-0.2, 0) is 4.79 Å². The molecule has 2 N–H and O–H groups in total. The van der Waals surface area contributed by atoms with Gasteiger partial charge in [-0.25, -0.2) is 9.18 Å². The molecule has 1 atom stereocenters. The van der Waals surface area contributed by atoms with Crippen molar-refractivity contribution < 1.29 is 19.1 Å². The first-order valence-corrected chi connectivity index (χ1v) is 6.57. The summed E-state index contributed by atoms with van der Waals surface area (Å²) in [6.45, 7) is 1.12. The van der Waals surface area contributed by atoms with E-state index >= 15 is 0 Å². The summed E-state index contributed by atoms with van der Waals surface area (Å²) in [5.74, 6) is -1.19. The van der Waals surface area contributed by atoms with Gasteiger partial charge in [-0.05, 0) is 18.1 Å². The molecule has 0 saturated carbocycles. The van der Waals surface area contributed by atoms with E-state index in [1.54, 1.807) is 23.1 Å². The molecule has 0 bridgehead atoms. The number of rotatable bonds is 4. The normalized spacial score (nSPS) is 18.1. The molecule has 1 fully saturated rings. The average molecular weight is 280 g/mol. The number of urea groups is 1. The van der Waals surface area contributed by atoms with Gasteiger partial charge in [-0.2, -0.15) is 0 Å². The monoisotopic (exact) mass is 280 g/mol. The Morgan fingerprint density at radius 3 is 2.85 bits per heavy atom. The topological polar surface area (TPSA) is 69.6 Å². The van der Waals surface area contributed by atoms with Crippen LogP contribution in [0.3, 0.4) is 0 Å². The van der Waals surface area contributed by atoms with Gasteiger partial charge in [0.05, 0.1) is 6.42 Å². The van der Waals surface area contributed by atoms with Crippen molar-refractivity contribution in [1.29, 1.82) is 0 Å². The Morgan fingerprint density at radius 1 is 1.40 bits per heavy atom. The maximum atomic E-state index is 13.7. The Kier molecular flexibility index (Phi) is 4.55. The van der Waals surface area contributed by atoms with E-state index in [1.807, 2.05) is 0 Å². The number of carboxylic acids is 1. The molecule has 1 unspecified atom stereocenters. The molecule has 1 aromatic carbocycles. The average Bonchev–Trinajstić information content (AvgIpc) is 2.88. The number of likely N-dealkylation sites (tertiary alicyclic amines) is 1. The molecule has 1 aromatic rings. The molecule has 2 rings (SSSR count). The zero-order chi connectivity index (χ0) is 14.5. The lowest BCUT2D eigenvalue weighted by Gasteiger charge is -2.17. The number of nitrogens with zero attached hydrogens (tertiary/aromatic N) is 1. The number of halogens is 1. The van der Waals surface area contributed by atoms with Crippen LogP contribution in [0, 0.1) is 5.82 Å². The van der Waals surface area contributed by atoms with Gasteiger partial charge in [0.1, 0.15) is 5.82 Å². The van der Waals surface area contributed by atoms with E-state index in [1.165, 1.54) is 6.07 Å². The maximum absolute atomic E-state index is 13.7. The summed E-state index contributed by atoms with van der Waals surface area (Å²) >= 11 is 0. The van der Waals surface area contributed by atoms with E-state index in [0.29, 0.717) is 25.1 Å². The van der Waals surface area contributed by atoms with Gasteiger partial charge in [-0.1, -0.05) is 18.2 Å². The van der Waals surface area contributed by atoms with E-state index in [0.717, 1.165) is 0 Å². The fourth-order valence-electron chi connectivity index (χ4n) is 2.39. The number of amides is 2. The van der Waals surface area contributed by atoms with Crippen molar-refractivity contribution >= 4 is 12.0 Å². The van der Waals surface area contributed by atoms with Gasteiger partial charge in [0.25, 0.3) is 0 Å². The van der Waals surface area contributed by atoms with Crippen LogP contribution >= 0.6 is 0 Å². The first-order valence-electron chi connectivity index (χ1n) is 6.57. The number of nitrogens with one attached hydrogen (secondary N) is 1. The minimum atomic E-state index is -0.948. The van der Waals surface area contributed by atoms with Crippen LogP contribution in [0.4, 0.5) is 9.18 Å². The van der Waals surface area contributed by atoms with Crippen molar-refractivity contribution in [1.82, 2.24) is 10.2 Å². The summed E-state index contributed by atoms with van der Waals surface area (Å²) in [5, 5.41) is 11.1. The van der Waals surface area contributed by atoms with Gasteiger partial charge in [0.2, 0.25) is 0 Å². The zero-order valence-corrected chi connectivity index (χ0v) is 11.0. The standard InChI is InChI=1S/C14H17FN2O3/c15-12-4-2-1-3-11(12)10-6-8-17(9-10)14(20)16-7-5-13(18)19/h1-4,10H,5-9H2,(H,16,20)(H,18,19). The van der Waals surface area contributed by atoms with Gasteiger partial charge in [-0.3, -0.25) is 4.79 Å². The summed E-state index contributed by atoms with van der Waals surface area (Å²) in [6.07, 6.45) is 0.615. The Balaban J connectivity index is 1.87. The van der Waals surface area contributed by atoms with E-state index < -0.39 is 5.97 Å². The summed E-state index contributed by atoms with van der Waals surface area (Å²) in [7, 11) is 0. The molecule has 0 spiro atoms. The first-order chi connectivity index (χ1) is 9.58. The Hall–Kier alpha value is -2.11. The van der Waals surface area contributed by atoms with Gasteiger partial charge in [0.15, 0.2) is 0 Å². The third-order valence-electron chi connectivity index (χ3n) is 3.44. The number of carbonyl (C=O) groups excluding carboxylic acids is 1. The Labute approximate surface area is 116 Å². The molecule has 1 aliphatic rings. The molecule has 0 aliphatic carbocycles. The second kappa shape index (κ2) is 6.36. The van der Waals surface area contributed by atoms with Crippen LogP contribution < -0.4 is 5.32 Å². The summed E-state index contributed by atoms with van der Waals surface area (Å²) < 4.78 is 13.7. The predicted octanol–water partition coefficient (Wildman–Crippen LogP) is 1.80. The van der Waals surface area contributed by atoms with Crippen LogP contribution in [0.5, 0.6) is 0 Å². The van der Waals surface area contributed by atoms with E-state index in [2.05, 4.69) is 5.32 Å². The summed E-state index contributed by atoms with van der Waals surface area (Å²) in [5.41, 5.74) is 0.633. The summed E-state index contributed by atoms with van der Waals surface area (Å²) in [6, 6.07) is 6.31. The molecule has 1 saturated heterocycles. The smallest absolute Gasteiger partial charge is 0.317 e. The van der Waals surface area contributed by atoms with Gasteiger partial charge in [0, 0.05) is 25.6 Å². The minimum Gasteiger partial charge on any atom is -0.481 e. The van der Waals surface area contributed by atoms with E-state index in [4.69, 9.17) is 5.11 Å². The van der Waals surface area contributed by atoms with Crippen LogP contribution in [0.1, 0.15) is 24.3 Å². The molecule has 108 valence electrons. The Bertz CT molecular complexity index is 507. The predicted molar refractivity (Wildman–Crippen MR) is 71.0 cm³/mol. The van der Waals surface area contributed by atoms with Crippen molar-refractivity contribution in [2.45, 2.75) is 18.8 Å². The van der Waals surface area contributed by atoms with Gasteiger partial charge in [-0.15, -0.1) is 0 Å². The lowest BCUT2D eigenvalue weighted by Crippen LogP contribution is -2.39. The van der Waals surface area contributed by atoms with Crippen molar-refractivity contribution in [3.63, 3.8) is 0 Å². The van der Waals surface area contributed by atoms with E-state index in [-0.39, 0.29) is 30.7 Å². The number of benzene rings is 1. The van der Waals surface area contributed by atoms with Crippen LogP contribution in [-0.4, -0.2) is 41.6 Å². The molecular formula is C14H17FN2O3. The molecule has 5 nitrogen and oxygen atoms in total. The van der Waals surface area contributed by atoms with Crippen LogP contribution in [0.15, 0.2) is 24.3 Å². The number of hydrogen-bond donors (Lipinski definition) is 2. The molecule has 6 heteroatoms. The number of hydrogen-bond acceptors (Lipinski definition) is 2. The number of aliphatic carboxylic acids is 1. The van der Waals surface area contributed by atoms with Crippen molar-refractivity contribution in [3.05, 3.63) is 35.6 Å². The third kappa shape index (κ3) is 3.46. The second-order valence-electron chi connectivity index (χ2n) is 4.83. The fraction of sp³-hybridized carbons (Fsp3) is 0.429. The van der Waals surface area contributed by atoms with Gasteiger partial charge < -0.3 is 15.3 Å². The van der Waals surface area contributed by atoms with Crippen LogP contribution in [0.2, 0.25) is 0 Å². The number of carbonyl (C=O) groups is 2. The highest BCUT2D eigenvalue weighted by molar-refractivity contribution is 5.75. The van der Waals surface area contributed by atoms with E-state index in [9.17, 15) is 14.0 Å². The quantitative estimate of drug-likeness (QED) is 0.883. The molecule has 20 heavy (non-hydrogen) atoms. The zero-order valence-electron chi connectivity index (χ0n) is 11.0. The number of carboxylic acid groups (broad SMARTS) is 1. The van der Waals surface area contributed by atoms with Crippen molar-refractivity contribution in [3.8, 4) is 0 Å². The second-order valence-corrected chi connectivity index (χ2v) is 4.83. The molecule has 1 aliphatic heterocycles. The fourth-order valence-corrected chi connectivity index (χ4v) is 2.39. The Morgan fingerprint density at radius 2 is 2.15 bits per heavy atom. The molecule has 0 aromatic heterocycles. The van der Waals surface area contributed by atoms with Crippen LogP contribution in [0.25, 0.3) is 0 Å². The molecule has 2 amide bonds. The lowest BCUT2D eigenvalue weighted by molar-refractivity contribution is -0.136. The molecule has 0 radical (unpaired) electrons. The third-order valence-corrected chi connectivity index (χ3v) is 3.44. The maximum Gasteiger partial charge on any atom is 0.317 e. The molecule has 1 heterocycles. The van der Waals surface area contributed by atoms with Crippen molar-refractivity contribution in [2.24, 2.45) is 0 Å². The largest absolute Gasteiger partial charge is 0.481 e. The highest BCUT2D eigenvalue weighted by Gasteiger charge is 2.28.